The lowest BCUT2D eigenvalue weighted by Gasteiger charge is -2.39. The molecule has 1 aliphatic rings. The summed E-state index contributed by atoms with van der Waals surface area (Å²) in [6.07, 6.45) is 1.06. The second kappa shape index (κ2) is 9.32. The van der Waals surface area contributed by atoms with Gasteiger partial charge < -0.3 is 14.5 Å². The average molecular weight is 470 g/mol. The number of benzene rings is 2. The fourth-order valence-corrected chi connectivity index (χ4v) is 5.11. The summed E-state index contributed by atoms with van der Waals surface area (Å²) < 4.78 is 44.4. The first kappa shape index (κ1) is 23.1. The smallest absolute Gasteiger partial charge is 0.246 e. The summed E-state index contributed by atoms with van der Waals surface area (Å²) in [4.78, 5) is 16.9. The van der Waals surface area contributed by atoms with Crippen LogP contribution >= 0.6 is 11.6 Å². The van der Waals surface area contributed by atoms with Crippen molar-refractivity contribution in [3.63, 3.8) is 0 Å². The van der Waals surface area contributed by atoms with E-state index in [0.717, 1.165) is 16.2 Å². The summed E-state index contributed by atoms with van der Waals surface area (Å²) in [5, 5.41) is 0.251. The minimum Gasteiger partial charge on any atom is -0.495 e. The Bertz CT molecular complexity index is 1040. The molecule has 1 unspecified atom stereocenters. The summed E-state index contributed by atoms with van der Waals surface area (Å²) in [5.74, 6) is -0.184. The zero-order valence-corrected chi connectivity index (χ0v) is 19.2. The summed E-state index contributed by atoms with van der Waals surface area (Å²) in [7, 11) is -2.29. The van der Waals surface area contributed by atoms with Crippen molar-refractivity contribution in [2.75, 3.05) is 48.7 Å². The van der Waals surface area contributed by atoms with E-state index in [2.05, 4.69) is 4.90 Å². The molecule has 0 spiro atoms. The van der Waals surface area contributed by atoms with Gasteiger partial charge in [0.2, 0.25) is 15.9 Å². The Morgan fingerprint density at radius 3 is 2.26 bits per heavy atom. The molecule has 0 bridgehead atoms. The Morgan fingerprint density at radius 2 is 1.74 bits per heavy atom. The van der Waals surface area contributed by atoms with E-state index in [0.29, 0.717) is 37.6 Å². The van der Waals surface area contributed by atoms with Crippen LogP contribution in [0.15, 0.2) is 42.5 Å². The van der Waals surface area contributed by atoms with Gasteiger partial charge in [-0.05, 0) is 49.4 Å². The predicted octanol–water partition coefficient (Wildman–Crippen LogP) is 2.99. The van der Waals surface area contributed by atoms with E-state index in [9.17, 15) is 17.6 Å². The second-order valence-corrected chi connectivity index (χ2v) is 9.61. The van der Waals surface area contributed by atoms with Crippen molar-refractivity contribution in [3.05, 3.63) is 53.3 Å². The first-order chi connectivity index (χ1) is 14.6. The van der Waals surface area contributed by atoms with Crippen molar-refractivity contribution in [1.29, 1.82) is 0 Å². The van der Waals surface area contributed by atoms with Gasteiger partial charge in [-0.2, -0.15) is 0 Å². The van der Waals surface area contributed by atoms with Gasteiger partial charge in [0, 0.05) is 31.9 Å². The summed E-state index contributed by atoms with van der Waals surface area (Å²) in [6, 6.07) is 9.85. The number of ether oxygens (including phenoxy) is 1. The van der Waals surface area contributed by atoms with Crippen LogP contribution in [0.4, 0.5) is 15.8 Å². The van der Waals surface area contributed by atoms with Crippen LogP contribution in [0.25, 0.3) is 0 Å². The molecule has 0 saturated carbocycles. The van der Waals surface area contributed by atoms with Gasteiger partial charge in [-0.1, -0.05) is 11.6 Å². The summed E-state index contributed by atoms with van der Waals surface area (Å²) in [6.45, 7) is 3.56. The van der Waals surface area contributed by atoms with Gasteiger partial charge in [-0.3, -0.25) is 9.10 Å². The molecule has 1 fully saturated rings. The Balaban J connectivity index is 1.75. The zero-order chi connectivity index (χ0) is 22.8. The Morgan fingerprint density at radius 1 is 1.13 bits per heavy atom. The predicted molar refractivity (Wildman–Crippen MR) is 120 cm³/mol. The molecule has 0 radical (unpaired) electrons. The fourth-order valence-electron chi connectivity index (χ4n) is 3.70. The number of nitrogens with zero attached hydrogens (tertiary/aromatic N) is 3. The monoisotopic (exact) mass is 469 g/mol. The van der Waals surface area contributed by atoms with Crippen LogP contribution in [0.3, 0.4) is 0 Å². The van der Waals surface area contributed by atoms with Crippen LogP contribution in [0.5, 0.6) is 5.75 Å². The summed E-state index contributed by atoms with van der Waals surface area (Å²) in [5.41, 5.74) is 1.17. The molecule has 1 heterocycles. The molecule has 0 N–H and O–H groups in total. The third-order valence-electron chi connectivity index (χ3n) is 5.24. The number of sulfonamides is 1. The minimum absolute atomic E-state index is 0.251. The highest BCUT2D eigenvalue weighted by atomic mass is 35.5. The van der Waals surface area contributed by atoms with E-state index >= 15 is 0 Å². The number of piperazine rings is 1. The van der Waals surface area contributed by atoms with Crippen LogP contribution in [-0.4, -0.2) is 64.8 Å². The highest BCUT2D eigenvalue weighted by Crippen LogP contribution is 2.31. The number of carbonyl (C=O) groups excluding carboxylic acids is 1. The second-order valence-electron chi connectivity index (χ2n) is 7.34. The van der Waals surface area contributed by atoms with Gasteiger partial charge in [0.25, 0.3) is 0 Å². The molecule has 2 aromatic carbocycles. The van der Waals surface area contributed by atoms with Gasteiger partial charge in [0.15, 0.2) is 0 Å². The molecule has 0 aromatic heterocycles. The van der Waals surface area contributed by atoms with Gasteiger partial charge >= 0.3 is 0 Å². The van der Waals surface area contributed by atoms with Crippen molar-refractivity contribution >= 4 is 38.9 Å². The molecule has 1 atom stereocenters. The molecule has 1 saturated heterocycles. The number of methoxy groups -OCH3 is 1. The van der Waals surface area contributed by atoms with Crippen LogP contribution in [0.1, 0.15) is 6.92 Å². The maximum Gasteiger partial charge on any atom is 0.246 e. The number of carbonyl (C=O) groups is 1. The minimum atomic E-state index is -3.75. The zero-order valence-electron chi connectivity index (χ0n) is 17.6. The molecule has 3 rings (SSSR count). The molecule has 31 heavy (non-hydrogen) atoms. The number of rotatable bonds is 6. The summed E-state index contributed by atoms with van der Waals surface area (Å²) >= 11 is 6.17. The molecular weight excluding hydrogens is 445 g/mol. The lowest BCUT2D eigenvalue weighted by atomic mass is 10.2. The fraction of sp³-hybridized carbons (Fsp3) is 0.381. The van der Waals surface area contributed by atoms with E-state index in [-0.39, 0.29) is 16.7 Å². The molecule has 2 aromatic rings. The molecular formula is C21H25ClFN3O4S. The van der Waals surface area contributed by atoms with E-state index in [1.54, 1.807) is 36.1 Å². The van der Waals surface area contributed by atoms with Crippen LogP contribution in [-0.2, 0) is 14.8 Å². The topological polar surface area (TPSA) is 70.2 Å². The van der Waals surface area contributed by atoms with E-state index in [1.807, 2.05) is 0 Å². The average Bonchev–Trinajstić information content (AvgIpc) is 2.73. The molecule has 168 valence electrons. The molecule has 1 amide bonds. The number of hydrogen-bond acceptors (Lipinski definition) is 5. The first-order valence-electron chi connectivity index (χ1n) is 9.74. The van der Waals surface area contributed by atoms with Gasteiger partial charge in [0.05, 0.1) is 24.1 Å². The Kier molecular flexibility index (Phi) is 6.96. The molecule has 10 heteroatoms. The largest absolute Gasteiger partial charge is 0.495 e. The van der Waals surface area contributed by atoms with E-state index < -0.39 is 16.1 Å². The van der Waals surface area contributed by atoms with Crippen molar-refractivity contribution in [2.24, 2.45) is 0 Å². The van der Waals surface area contributed by atoms with E-state index in [4.69, 9.17) is 16.3 Å². The lowest BCUT2D eigenvalue weighted by Crippen LogP contribution is -2.55. The molecule has 7 nitrogen and oxygen atoms in total. The van der Waals surface area contributed by atoms with Gasteiger partial charge in [0.1, 0.15) is 17.6 Å². The number of amides is 1. The van der Waals surface area contributed by atoms with Crippen molar-refractivity contribution in [2.45, 2.75) is 13.0 Å². The quantitative estimate of drug-likeness (QED) is 0.650. The first-order valence-corrected chi connectivity index (χ1v) is 12.0. The van der Waals surface area contributed by atoms with Gasteiger partial charge in [-0.25, -0.2) is 12.8 Å². The third kappa shape index (κ3) is 5.22. The lowest BCUT2D eigenvalue weighted by molar-refractivity contribution is -0.132. The van der Waals surface area contributed by atoms with E-state index in [1.165, 1.54) is 25.3 Å². The SMILES string of the molecule is COc1ccc(N(C(C)C(=O)N2CCN(c3ccc(F)cc3)CC2)S(C)(=O)=O)cc1Cl. The molecule has 1 aliphatic heterocycles. The number of anilines is 2. The maximum atomic E-state index is 13.1. The van der Waals surface area contributed by atoms with Crippen LogP contribution < -0.4 is 13.9 Å². The highest BCUT2D eigenvalue weighted by Gasteiger charge is 2.33. The Hall–Kier alpha value is -2.52. The van der Waals surface area contributed by atoms with Crippen LogP contribution in [0, 0.1) is 5.82 Å². The Labute approximate surface area is 187 Å². The van der Waals surface area contributed by atoms with Crippen molar-refractivity contribution < 1.29 is 22.3 Å². The van der Waals surface area contributed by atoms with Crippen molar-refractivity contribution in [3.8, 4) is 5.75 Å². The number of halogens is 2. The van der Waals surface area contributed by atoms with Crippen molar-refractivity contribution in [1.82, 2.24) is 4.90 Å². The maximum absolute atomic E-state index is 13.1. The number of hydrogen-bond donors (Lipinski definition) is 0. The van der Waals surface area contributed by atoms with Crippen LogP contribution in [0.2, 0.25) is 5.02 Å². The highest BCUT2D eigenvalue weighted by molar-refractivity contribution is 7.92. The standard InChI is InChI=1S/C21H25ClFN3O4S/c1-15(26(31(3,28)29)18-8-9-20(30-2)19(22)14-18)21(27)25-12-10-24(11-13-25)17-6-4-16(23)5-7-17/h4-9,14-15H,10-13H2,1-3H3. The normalized spacial score (nSPS) is 15.5. The molecule has 0 aliphatic carbocycles. The third-order valence-corrected chi connectivity index (χ3v) is 6.78. The van der Waals surface area contributed by atoms with Gasteiger partial charge in [-0.15, -0.1) is 0 Å².